The third kappa shape index (κ3) is 5.43. The van der Waals surface area contributed by atoms with Crippen LogP contribution >= 0.6 is 11.6 Å². The average molecular weight is 572 g/mol. The molecular formula is C31H34ClN7O2. The summed E-state index contributed by atoms with van der Waals surface area (Å²) in [5.41, 5.74) is 3.42. The Labute approximate surface area is 244 Å². The number of anilines is 3. The lowest BCUT2D eigenvalue weighted by Gasteiger charge is -2.33. The van der Waals surface area contributed by atoms with Gasteiger partial charge in [0.25, 0.3) is 5.56 Å². The molecule has 0 amide bonds. The summed E-state index contributed by atoms with van der Waals surface area (Å²) < 4.78 is 1.73. The molecule has 2 aliphatic rings. The van der Waals surface area contributed by atoms with Gasteiger partial charge in [0.05, 0.1) is 5.56 Å². The number of hydrogen-bond acceptors (Lipinski definition) is 8. The first-order valence-electron chi connectivity index (χ1n) is 14.3. The number of ketones is 1. The van der Waals surface area contributed by atoms with Crippen LogP contribution in [0.25, 0.3) is 11.0 Å². The number of piperidine rings is 1. The molecule has 0 atom stereocenters. The lowest BCUT2D eigenvalue weighted by atomic mass is 9.90. The Morgan fingerprint density at radius 2 is 1.78 bits per heavy atom. The van der Waals surface area contributed by atoms with Crippen LogP contribution in [0, 0.1) is 6.92 Å². The summed E-state index contributed by atoms with van der Waals surface area (Å²) in [7, 11) is 0. The summed E-state index contributed by atoms with van der Waals surface area (Å²) in [5, 5.41) is 3.95. The highest BCUT2D eigenvalue weighted by Crippen LogP contribution is 2.33. The van der Waals surface area contributed by atoms with E-state index in [0.717, 1.165) is 68.4 Å². The second kappa shape index (κ2) is 11.6. The predicted molar refractivity (Wildman–Crippen MR) is 162 cm³/mol. The Morgan fingerprint density at radius 3 is 2.41 bits per heavy atom. The molecule has 1 aliphatic carbocycles. The van der Waals surface area contributed by atoms with Crippen LogP contribution in [0.15, 0.2) is 47.7 Å². The highest BCUT2D eigenvalue weighted by atomic mass is 35.5. The number of halogens is 1. The van der Waals surface area contributed by atoms with Crippen molar-refractivity contribution in [1.82, 2.24) is 24.5 Å². The molecule has 6 rings (SSSR count). The van der Waals surface area contributed by atoms with E-state index in [9.17, 15) is 9.59 Å². The maximum Gasteiger partial charge on any atom is 0.263 e. The lowest BCUT2D eigenvalue weighted by molar-refractivity contribution is 0.101. The van der Waals surface area contributed by atoms with E-state index in [2.05, 4.69) is 31.2 Å². The van der Waals surface area contributed by atoms with Gasteiger partial charge in [-0.3, -0.25) is 14.2 Å². The molecule has 1 saturated heterocycles. The molecule has 4 aromatic heterocycles. The van der Waals surface area contributed by atoms with Crippen LogP contribution in [0.3, 0.4) is 0 Å². The minimum absolute atomic E-state index is 0.0380. The maximum absolute atomic E-state index is 13.5. The van der Waals surface area contributed by atoms with Gasteiger partial charge in [-0.2, -0.15) is 4.98 Å². The van der Waals surface area contributed by atoms with E-state index in [-0.39, 0.29) is 22.9 Å². The van der Waals surface area contributed by atoms with Gasteiger partial charge >= 0.3 is 0 Å². The van der Waals surface area contributed by atoms with E-state index in [1.807, 2.05) is 30.6 Å². The number of nitrogens with zero attached hydrogens (tertiary/aromatic N) is 6. The van der Waals surface area contributed by atoms with Crippen molar-refractivity contribution in [3.63, 3.8) is 0 Å². The molecule has 0 unspecified atom stereocenters. The minimum atomic E-state index is -0.254. The maximum atomic E-state index is 13.5. The van der Waals surface area contributed by atoms with Gasteiger partial charge in [-0.15, -0.1) is 11.6 Å². The van der Waals surface area contributed by atoms with Gasteiger partial charge in [0, 0.05) is 49.0 Å². The fourth-order valence-corrected chi connectivity index (χ4v) is 6.43. The molecule has 0 spiro atoms. The molecule has 1 aliphatic heterocycles. The molecule has 10 heteroatoms. The second-order valence-electron chi connectivity index (χ2n) is 11.1. The van der Waals surface area contributed by atoms with Crippen molar-refractivity contribution < 1.29 is 4.79 Å². The van der Waals surface area contributed by atoms with Gasteiger partial charge in [-0.1, -0.05) is 25.0 Å². The molecule has 5 heterocycles. The molecule has 1 N–H and O–H groups in total. The number of carbonyl (C=O) groups is 1. The Balaban J connectivity index is 1.19. The number of alkyl halides is 1. The zero-order chi connectivity index (χ0) is 28.5. The fraction of sp³-hybridized carbons (Fsp3) is 0.419. The zero-order valence-electron chi connectivity index (χ0n) is 23.4. The van der Waals surface area contributed by atoms with Gasteiger partial charge in [0.1, 0.15) is 17.3 Å². The second-order valence-corrected chi connectivity index (χ2v) is 11.4. The molecule has 4 aromatic rings. The van der Waals surface area contributed by atoms with Gasteiger partial charge in [-0.25, -0.2) is 15.0 Å². The van der Waals surface area contributed by atoms with E-state index >= 15 is 0 Å². The van der Waals surface area contributed by atoms with Gasteiger partial charge in [-0.05, 0) is 74.3 Å². The largest absolute Gasteiger partial charge is 0.357 e. The van der Waals surface area contributed by atoms with E-state index in [0.29, 0.717) is 34.8 Å². The first-order chi connectivity index (χ1) is 19.9. The summed E-state index contributed by atoms with van der Waals surface area (Å²) in [4.78, 5) is 46.6. The SMILES string of the molecule is CC(=O)c1c(C)c2cnc(Nc3ccc(C4CCN(c5ccc(CCl)cn5)CC4)cn3)nc2n(C2CCCC2)c1=O. The van der Waals surface area contributed by atoms with Crippen molar-refractivity contribution in [3.8, 4) is 0 Å². The van der Waals surface area contributed by atoms with Crippen LogP contribution in [0.5, 0.6) is 0 Å². The Bertz CT molecular complexity index is 1620. The van der Waals surface area contributed by atoms with Crippen LogP contribution in [-0.4, -0.2) is 43.4 Å². The molecule has 2 fully saturated rings. The van der Waals surface area contributed by atoms with Gasteiger partial charge in [0.2, 0.25) is 5.95 Å². The summed E-state index contributed by atoms with van der Waals surface area (Å²) in [6.45, 7) is 5.13. The van der Waals surface area contributed by atoms with Crippen molar-refractivity contribution >= 4 is 46.0 Å². The predicted octanol–water partition coefficient (Wildman–Crippen LogP) is 6.07. The van der Waals surface area contributed by atoms with Gasteiger partial charge < -0.3 is 10.2 Å². The standard InChI is InChI=1S/C31H34ClN7O2/c1-19-25-18-35-31(37-29(25)39(24-5-3-4-6-24)30(41)28(19)20(2)40)36-26-9-8-23(17-33-26)22-11-13-38(14-12-22)27-10-7-21(15-32)16-34-27/h7-10,16-18,22,24H,3-6,11-15H2,1-2H3,(H,33,35,36,37). The van der Waals surface area contributed by atoms with Gasteiger partial charge in [0.15, 0.2) is 5.78 Å². The molecule has 41 heavy (non-hydrogen) atoms. The molecule has 1 saturated carbocycles. The Morgan fingerprint density at radius 1 is 1.00 bits per heavy atom. The third-order valence-corrected chi connectivity index (χ3v) is 8.84. The lowest BCUT2D eigenvalue weighted by Crippen LogP contribution is -2.33. The Kier molecular flexibility index (Phi) is 7.71. The van der Waals surface area contributed by atoms with Crippen LogP contribution in [-0.2, 0) is 5.88 Å². The summed E-state index contributed by atoms with van der Waals surface area (Å²) >= 11 is 5.89. The fourth-order valence-electron chi connectivity index (χ4n) is 6.27. The number of nitrogens with one attached hydrogen (secondary N) is 1. The van der Waals surface area contributed by atoms with Crippen LogP contribution in [0.1, 0.15) is 84.5 Å². The first kappa shape index (κ1) is 27.3. The number of fused-ring (bicyclic) bond motifs is 1. The molecular weight excluding hydrogens is 538 g/mol. The number of carbonyl (C=O) groups excluding carboxylic acids is 1. The van der Waals surface area contributed by atoms with Crippen molar-refractivity contribution in [3.05, 3.63) is 75.5 Å². The van der Waals surface area contributed by atoms with Crippen LogP contribution in [0.2, 0.25) is 0 Å². The number of aromatic nitrogens is 5. The topological polar surface area (TPSA) is 106 Å². The van der Waals surface area contributed by atoms with Crippen molar-refractivity contribution in [2.24, 2.45) is 0 Å². The van der Waals surface area contributed by atoms with Crippen molar-refractivity contribution in [2.75, 3.05) is 23.3 Å². The van der Waals surface area contributed by atoms with Crippen molar-refractivity contribution in [1.29, 1.82) is 0 Å². The van der Waals surface area contributed by atoms with Crippen LogP contribution in [0.4, 0.5) is 17.6 Å². The smallest absolute Gasteiger partial charge is 0.263 e. The van der Waals surface area contributed by atoms with Crippen molar-refractivity contribution in [2.45, 2.75) is 70.2 Å². The number of rotatable bonds is 7. The monoisotopic (exact) mass is 571 g/mol. The Hall–Kier alpha value is -3.85. The third-order valence-electron chi connectivity index (χ3n) is 8.53. The highest BCUT2D eigenvalue weighted by Gasteiger charge is 2.26. The van der Waals surface area contributed by atoms with E-state index in [1.54, 1.807) is 17.7 Å². The summed E-state index contributed by atoms with van der Waals surface area (Å²) in [5.74, 6) is 2.70. The normalized spacial score (nSPS) is 16.4. The molecule has 0 aromatic carbocycles. The number of aryl methyl sites for hydroxylation is 1. The highest BCUT2D eigenvalue weighted by molar-refractivity contribution is 6.17. The molecule has 9 nitrogen and oxygen atoms in total. The molecule has 212 valence electrons. The summed E-state index contributed by atoms with van der Waals surface area (Å²) in [6.07, 6.45) is 11.5. The van der Waals surface area contributed by atoms with E-state index in [4.69, 9.17) is 16.6 Å². The molecule has 0 bridgehead atoms. The average Bonchev–Trinajstić information content (AvgIpc) is 3.52. The summed E-state index contributed by atoms with van der Waals surface area (Å²) in [6, 6.07) is 8.19. The van der Waals surface area contributed by atoms with E-state index in [1.165, 1.54) is 12.5 Å². The van der Waals surface area contributed by atoms with E-state index < -0.39 is 0 Å². The quantitative estimate of drug-likeness (QED) is 0.210. The number of Topliss-reactive ketones (excluding diaryl/α,β-unsaturated/α-hetero) is 1. The number of pyridine rings is 3. The first-order valence-corrected chi connectivity index (χ1v) is 14.9. The zero-order valence-corrected chi connectivity index (χ0v) is 24.2. The number of hydrogen-bond donors (Lipinski definition) is 1. The van der Waals surface area contributed by atoms with Crippen LogP contribution < -0.4 is 15.8 Å². The molecule has 0 radical (unpaired) electrons. The minimum Gasteiger partial charge on any atom is -0.357 e.